The van der Waals surface area contributed by atoms with Gasteiger partial charge in [0.25, 0.3) is 0 Å². The summed E-state index contributed by atoms with van der Waals surface area (Å²) in [6.07, 6.45) is 0.965. The van der Waals surface area contributed by atoms with E-state index in [9.17, 15) is 0 Å². The molecular weight excluding hydrogens is 150 g/mol. The van der Waals surface area contributed by atoms with Crippen molar-refractivity contribution >= 4 is 0 Å². The topological polar surface area (TPSA) is 35.2 Å². The van der Waals surface area contributed by atoms with E-state index < -0.39 is 0 Å². The van der Waals surface area contributed by atoms with Crippen LogP contribution < -0.4 is 5.73 Å². The molecular formula is C10H13NO. The summed E-state index contributed by atoms with van der Waals surface area (Å²) < 4.78 is 5.36. The fourth-order valence-corrected chi connectivity index (χ4v) is 1.66. The van der Waals surface area contributed by atoms with Gasteiger partial charge in [0, 0.05) is 0 Å². The van der Waals surface area contributed by atoms with Gasteiger partial charge < -0.3 is 10.5 Å². The molecule has 0 saturated carbocycles. The molecule has 12 heavy (non-hydrogen) atoms. The van der Waals surface area contributed by atoms with E-state index in [1.807, 2.05) is 0 Å². The lowest BCUT2D eigenvalue weighted by atomic mass is 10.0. The van der Waals surface area contributed by atoms with E-state index in [-0.39, 0.29) is 0 Å². The maximum absolute atomic E-state index is 5.51. The number of hydrogen-bond acceptors (Lipinski definition) is 2. The molecule has 1 aliphatic rings. The van der Waals surface area contributed by atoms with Crippen LogP contribution in [0.5, 0.6) is 0 Å². The Morgan fingerprint density at radius 1 is 1.33 bits per heavy atom. The summed E-state index contributed by atoms with van der Waals surface area (Å²) in [7, 11) is 0. The average molecular weight is 163 g/mol. The third kappa shape index (κ3) is 1.24. The average Bonchev–Trinajstić information content (AvgIpc) is 2.53. The second kappa shape index (κ2) is 3.25. The van der Waals surface area contributed by atoms with Gasteiger partial charge in [-0.3, -0.25) is 0 Å². The van der Waals surface area contributed by atoms with Gasteiger partial charge in [0.2, 0.25) is 0 Å². The minimum atomic E-state index is 0.719. The van der Waals surface area contributed by atoms with Crippen LogP contribution in [0, 0.1) is 0 Å². The maximum Gasteiger partial charge on any atom is 0.0727 e. The minimum absolute atomic E-state index is 0.719. The van der Waals surface area contributed by atoms with Crippen LogP contribution in [0.4, 0.5) is 0 Å². The number of nitrogens with two attached hydrogens (primary N) is 1. The van der Waals surface area contributed by atoms with Crippen LogP contribution in [0.15, 0.2) is 18.2 Å². The van der Waals surface area contributed by atoms with Crippen LogP contribution in [0.1, 0.15) is 16.7 Å². The SMILES string of the molecule is NCCc1cccc2c1COC2. The Hall–Kier alpha value is -0.860. The van der Waals surface area contributed by atoms with Gasteiger partial charge in [0.1, 0.15) is 0 Å². The lowest BCUT2D eigenvalue weighted by molar-refractivity contribution is 0.134. The molecule has 0 spiro atoms. The van der Waals surface area contributed by atoms with Gasteiger partial charge in [-0.05, 0) is 29.7 Å². The molecule has 1 aliphatic heterocycles. The van der Waals surface area contributed by atoms with Gasteiger partial charge in [-0.2, -0.15) is 0 Å². The largest absolute Gasteiger partial charge is 0.372 e. The van der Waals surface area contributed by atoms with Gasteiger partial charge in [-0.1, -0.05) is 18.2 Å². The quantitative estimate of drug-likeness (QED) is 0.711. The molecule has 2 rings (SSSR count). The summed E-state index contributed by atoms with van der Waals surface area (Å²) in [5.74, 6) is 0. The van der Waals surface area contributed by atoms with E-state index in [0.29, 0.717) is 0 Å². The predicted molar refractivity (Wildman–Crippen MR) is 47.7 cm³/mol. The molecule has 0 amide bonds. The van der Waals surface area contributed by atoms with Crippen LogP contribution in [0.3, 0.4) is 0 Å². The van der Waals surface area contributed by atoms with Crippen molar-refractivity contribution in [3.63, 3.8) is 0 Å². The van der Waals surface area contributed by atoms with E-state index in [2.05, 4.69) is 18.2 Å². The minimum Gasteiger partial charge on any atom is -0.372 e. The molecule has 0 unspecified atom stereocenters. The van der Waals surface area contributed by atoms with Crippen molar-refractivity contribution in [1.82, 2.24) is 0 Å². The summed E-state index contributed by atoms with van der Waals surface area (Å²) in [4.78, 5) is 0. The van der Waals surface area contributed by atoms with E-state index in [1.165, 1.54) is 16.7 Å². The Balaban J connectivity index is 2.36. The maximum atomic E-state index is 5.51. The zero-order valence-electron chi connectivity index (χ0n) is 7.05. The van der Waals surface area contributed by atoms with Gasteiger partial charge in [0.15, 0.2) is 0 Å². The van der Waals surface area contributed by atoms with Crippen LogP contribution >= 0.6 is 0 Å². The number of hydrogen-bond donors (Lipinski definition) is 1. The van der Waals surface area contributed by atoms with Crippen LogP contribution in [0.2, 0.25) is 0 Å². The molecule has 2 heteroatoms. The van der Waals surface area contributed by atoms with Gasteiger partial charge in [0.05, 0.1) is 13.2 Å². The first-order valence-electron chi connectivity index (χ1n) is 4.29. The van der Waals surface area contributed by atoms with Gasteiger partial charge >= 0.3 is 0 Å². The fraction of sp³-hybridized carbons (Fsp3) is 0.400. The Kier molecular flexibility index (Phi) is 2.11. The molecule has 2 nitrogen and oxygen atoms in total. The lowest BCUT2D eigenvalue weighted by Crippen LogP contribution is -2.05. The highest BCUT2D eigenvalue weighted by atomic mass is 16.5. The number of benzene rings is 1. The van der Waals surface area contributed by atoms with Crippen molar-refractivity contribution in [2.24, 2.45) is 5.73 Å². The van der Waals surface area contributed by atoms with Crippen molar-refractivity contribution in [2.75, 3.05) is 6.54 Å². The van der Waals surface area contributed by atoms with Crippen molar-refractivity contribution in [1.29, 1.82) is 0 Å². The Labute approximate surface area is 72.3 Å². The molecule has 0 radical (unpaired) electrons. The first kappa shape index (κ1) is 7.77. The van der Waals surface area contributed by atoms with E-state index in [0.717, 1.165) is 26.2 Å². The molecule has 1 heterocycles. The van der Waals surface area contributed by atoms with E-state index in [1.54, 1.807) is 0 Å². The van der Waals surface area contributed by atoms with Crippen LogP contribution in [-0.4, -0.2) is 6.54 Å². The first-order valence-corrected chi connectivity index (χ1v) is 4.29. The molecule has 0 aromatic heterocycles. The highest BCUT2D eigenvalue weighted by molar-refractivity contribution is 5.36. The zero-order chi connectivity index (χ0) is 8.39. The van der Waals surface area contributed by atoms with Crippen LogP contribution in [-0.2, 0) is 24.4 Å². The van der Waals surface area contributed by atoms with Gasteiger partial charge in [-0.15, -0.1) is 0 Å². The van der Waals surface area contributed by atoms with Crippen molar-refractivity contribution in [3.8, 4) is 0 Å². The van der Waals surface area contributed by atoms with E-state index >= 15 is 0 Å². The Bertz CT molecular complexity index is 283. The molecule has 0 aliphatic carbocycles. The Morgan fingerprint density at radius 2 is 2.25 bits per heavy atom. The second-order valence-corrected chi connectivity index (χ2v) is 3.09. The summed E-state index contributed by atoms with van der Waals surface area (Å²) in [5.41, 5.74) is 9.57. The zero-order valence-corrected chi connectivity index (χ0v) is 7.05. The number of ether oxygens (including phenoxy) is 1. The van der Waals surface area contributed by atoms with Crippen molar-refractivity contribution in [2.45, 2.75) is 19.6 Å². The van der Waals surface area contributed by atoms with Gasteiger partial charge in [-0.25, -0.2) is 0 Å². The van der Waals surface area contributed by atoms with Crippen LogP contribution in [0.25, 0.3) is 0 Å². The molecule has 0 atom stereocenters. The second-order valence-electron chi connectivity index (χ2n) is 3.09. The van der Waals surface area contributed by atoms with E-state index in [4.69, 9.17) is 10.5 Å². The summed E-state index contributed by atoms with van der Waals surface area (Å²) >= 11 is 0. The molecule has 0 fully saturated rings. The Morgan fingerprint density at radius 3 is 3.08 bits per heavy atom. The number of rotatable bonds is 2. The molecule has 1 aromatic carbocycles. The standard InChI is InChI=1S/C10H13NO/c11-5-4-8-2-1-3-9-6-12-7-10(8)9/h1-3H,4-7,11H2. The number of fused-ring (bicyclic) bond motifs is 1. The molecule has 0 bridgehead atoms. The lowest BCUT2D eigenvalue weighted by Gasteiger charge is -2.04. The third-order valence-electron chi connectivity index (χ3n) is 2.29. The first-order chi connectivity index (χ1) is 5.92. The molecule has 2 N–H and O–H groups in total. The normalized spacial score (nSPS) is 14.8. The molecule has 64 valence electrons. The summed E-state index contributed by atoms with van der Waals surface area (Å²) in [5, 5.41) is 0. The predicted octanol–water partition coefficient (Wildman–Crippen LogP) is 1.22. The monoisotopic (exact) mass is 163 g/mol. The summed E-state index contributed by atoms with van der Waals surface area (Å²) in [6, 6.07) is 6.35. The highest BCUT2D eigenvalue weighted by Crippen LogP contribution is 2.23. The third-order valence-corrected chi connectivity index (χ3v) is 2.29. The van der Waals surface area contributed by atoms with Crippen molar-refractivity contribution < 1.29 is 4.74 Å². The summed E-state index contributed by atoms with van der Waals surface area (Å²) in [6.45, 7) is 2.26. The molecule has 1 aromatic rings. The fourth-order valence-electron chi connectivity index (χ4n) is 1.66. The molecule has 0 saturated heterocycles. The highest BCUT2D eigenvalue weighted by Gasteiger charge is 2.13. The smallest absolute Gasteiger partial charge is 0.0727 e. The van der Waals surface area contributed by atoms with Crippen molar-refractivity contribution in [3.05, 3.63) is 34.9 Å².